The molecule has 116 valence electrons. The van der Waals surface area contributed by atoms with Crippen molar-refractivity contribution in [2.75, 3.05) is 6.54 Å². The molecule has 1 aromatic rings. The summed E-state index contributed by atoms with van der Waals surface area (Å²) in [5, 5.41) is 5.85. The molecule has 1 fully saturated rings. The lowest BCUT2D eigenvalue weighted by Gasteiger charge is -2.19. The zero-order valence-corrected chi connectivity index (χ0v) is 13.5. The van der Waals surface area contributed by atoms with Crippen LogP contribution in [0.4, 0.5) is 4.79 Å². The van der Waals surface area contributed by atoms with E-state index in [4.69, 9.17) is 0 Å². The fourth-order valence-electron chi connectivity index (χ4n) is 2.29. The lowest BCUT2D eigenvalue weighted by atomic mass is 9.86. The standard InChI is InChI=1S/C18H28N2O/c1-18(2,3)15-9-7-14(8-10-15)6-4-5-13-19-17(21)20-16-11-12-16/h7-10,16H,4-6,11-13H2,1-3H3,(H2,19,20,21). The third kappa shape index (κ3) is 5.78. The van der Waals surface area contributed by atoms with Gasteiger partial charge in [0.1, 0.15) is 0 Å². The number of rotatable bonds is 6. The summed E-state index contributed by atoms with van der Waals surface area (Å²) < 4.78 is 0. The van der Waals surface area contributed by atoms with E-state index in [0.29, 0.717) is 6.04 Å². The minimum Gasteiger partial charge on any atom is -0.338 e. The van der Waals surface area contributed by atoms with E-state index in [1.807, 2.05) is 0 Å². The lowest BCUT2D eigenvalue weighted by Crippen LogP contribution is -2.37. The highest BCUT2D eigenvalue weighted by molar-refractivity contribution is 5.74. The number of benzene rings is 1. The minimum atomic E-state index is -0.00738. The van der Waals surface area contributed by atoms with Crippen LogP contribution in [0, 0.1) is 0 Å². The molecule has 2 amide bonds. The Morgan fingerprint density at radius 2 is 1.81 bits per heavy atom. The smallest absolute Gasteiger partial charge is 0.315 e. The van der Waals surface area contributed by atoms with Crippen LogP contribution in [-0.4, -0.2) is 18.6 Å². The molecule has 3 heteroatoms. The van der Waals surface area contributed by atoms with Crippen molar-refractivity contribution >= 4 is 6.03 Å². The molecule has 0 spiro atoms. The molecule has 0 bridgehead atoms. The van der Waals surface area contributed by atoms with E-state index in [2.05, 4.69) is 55.7 Å². The van der Waals surface area contributed by atoms with Crippen molar-refractivity contribution in [2.45, 2.75) is 64.3 Å². The highest BCUT2D eigenvalue weighted by atomic mass is 16.2. The number of aryl methyl sites for hydroxylation is 1. The molecule has 0 aromatic heterocycles. The van der Waals surface area contributed by atoms with Crippen LogP contribution in [0.15, 0.2) is 24.3 Å². The van der Waals surface area contributed by atoms with Gasteiger partial charge >= 0.3 is 6.03 Å². The molecule has 3 nitrogen and oxygen atoms in total. The molecule has 0 saturated heterocycles. The summed E-state index contributed by atoms with van der Waals surface area (Å²) in [4.78, 5) is 11.4. The number of carbonyl (C=O) groups is 1. The summed E-state index contributed by atoms with van der Waals surface area (Å²) in [6, 6.07) is 9.35. The van der Waals surface area contributed by atoms with Crippen molar-refractivity contribution in [2.24, 2.45) is 0 Å². The van der Waals surface area contributed by atoms with E-state index < -0.39 is 0 Å². The quantitative estimate of drug-likeness (QED) is 0.769. The van der Waals surface area contributed by atoms with Crippen LogP contribution in [-0.2, 0) is 11.8 Å². The second-order valence-corrected chi connectivity index (χ2v) is 7.08. The second kappa shape index (κ2) is 6.97. The minimum absolute atomic E-state index is 0.00738. The van der Waals surface area contributed by atoms with Crippen LogP contribution in [0.3, 0.4) is 0 Å². The summed E-state index contributed by atoms with van der Waals surface area (Å²) in [6.45, 7) is 7.47. The molecule has 0 atom stereocenters. The Balaban J connectivity index is 1.60. The average molecular weight is 288 g/mol. The number of unbranched alkanes of at least 4 members (excludes halogenated alkanes) is 1. The van der Waals surface area contributed by atoms with E-state index in [-0.39, 0.29) is 11.4 Å². The predicted molar refractivity (Wildman–Crippen MR) is 87.6 cm³/mol. The van der Waals surface area contributed by atoms with E-state index in [0.717, 1.165) is 38.6 Å². The molecule has 2 N–H and O–H groups in total. The van der Waals surface area contributed by atoms with Crippen LogP contribution >= 0.6 is 0 Å². The summed E-state index contributed by atoms with van der Waals surface area (Å²) in [5.41, 5.74) is 2.98. The van der Waals surface area contributed by atoms with Gasteiger partial charge in [-0.15, -0.1) is 0 Å². The average Bonchev–Trinajstić information content (AvgIpc) is 3.22. The van der Waals surface area contributed by atoms with E-state index in [1.165, 1.54) is 11.1 Å². The molecule has 0 radical (unpaired) electrons. The number of hydrogen-bond acceptors (Lipinski definition) is 1. The number of hydrogen-bond donors (Lipinski definition) is 2. The topological polar surface area (TPSA) is 41.1 Å². The third-order valence-corrected chi connectivity index (χ3v) is 3.91. The fraction of sp³-hybridized carbons (Fsp3) is 0.611. The number of carbonyl (C=O) groups excluding carboxylic acids is 1. The first-order valence-electron chi connectivity index (χ1n) is 8.09. The van der Waals surface area contributed by atoms with Crippen LogP contribution in [0.25, 0.3) is 0 Å². The molecular weight excluding hydrogens is 260 g/mol. The molecule has 1 aromatic carbocycles. The van der Waals surface area contributed by atoms with Crippen molar-refractivity contribution < 1.29 is 4.79 Å². The normalized spacial score (nSPS) is 14.8. The van der Waals surface area contributed by atoms with Gasteiger partial charge in [-0.2, -0.15) is 0 Å². The van der Waals surface area contributed by atoms with Gasteiger partial charge in [-0.05, 0) is 48.6 Å². The maximum absolute atomic E-state index is 11.4. The van der Waals surface area contributed by atoms with Gasteiger partial charge in [0, 0.05) is 12.6 Å². The zero-order valence-electron chi connectivity index (χ0n) is 13.5. The Morgan fingerprint density at radius 1 is 1.14 bits per heavy atom. The summed E-state index contributed by atoms with van der Waals surface area (Å²) in [7, 11) is 0. The zero-order chi connectivity index (χ0) is 15.3. The number of urea groups is 1. The molecule has 0 unspecified atom stereocenters. The van der Waals surface area contributed by atoms with Gasteiger partial charge in [0.15, 0.2) is 0 Å². The Morgan fingerprint density at radius 3 is 2.38 bits per heavy atom. The monoisotopic (exact) mass is 288 g/mol. The van der Waals surface area contributed by atoms with Gasteiger partial charge in [-0.3, -0.25) is 0 Å². The van der Waals surface area contributed by atoms with Crippen LogP contribution in [0.2, 0.25) is 0 Å². The van der Waals surface area contributed by atoms with Crippen LogP contribution < -0.4 is 10.6 Å². The number of nitrogens with one attached hydrogen (secondary N) is 2. The van der Waals surface area contributed by atoms with Crippen molar-refractivity contribution in [3.05, 3.63) is 35.4 Å². The maximum atomic E-state index is 11.4. The maximum Gasteiger partial charge on any atom is 0.315 e. The molecule has 2 rings (SSSR count). The van der Waals surface area contributed by atoms with Crippen LogP contribution in [0.5, 0.6) is 0 Å². The largest absolute Gasteiger partial charge is 0.338 e. The SMILES string of the molecule is CC(C)(C)c1ccc(CCCCNC(=O)NC2CC2)cc1. The van der Waals surface area contributed by atoms with Gasteiger partial charge in [-0.25, -0.2) is 4.79 Å². The first kappa shape index (κ1) is 15.9. The molecule has 1 saturated carbocycles. The summed E-state index contributed by atoms with van der Waals surface area (Å²) in [5.74, 6) is 0. The first-order valence-corrected chi connectivity index (χ1v) is 8.09. The fourth-order valence-corrected chi connectivity index (χ4v) is 2.29. The third-order valence-electron chi connectivity index (χ3n) is 3.91. The Kier molecular flexibility index (Phi) is 5.27. The molecule has 1 aliphatic rings. The summed E-state index contributed by atoms with van der Waals surface area (Å²) >= 11 is 0. The second-order valence-electron chi connectivity index (χ2n) is 7.08. The van der Waals surface area contributed by atoms with Gasteiger partial charge < -0.3 is 10.6 Å². The van der Waals surface area contributed by atoms with Gasteiger partial charge in [-0.1, -0.05) is 45.0 Å². The molecule has 0 heterocycles. The lowest BCUT2D eigenvalue weighted by molar-refractivity contribution is 0.240. The van der Waals surface area contributed by atoms with Gasteiger partial charge in [0.2, 0.25) is 0 Å². The van der Waals surface area contributed by atoms with Crippen LogP contribution in [0.1, 0.15) is 57.6 Å². The highest BCUT2D eigenvalue weighted by Crippen LogP contribution is 2.22. The Labute approximate surface area is 128 Å². The van der Waals surface area contributed by atoms with Crippen molar-refractivity contribution in [3.8, 4) is 0 Å². The molecular formula is C18H28N2O. The molecule has 21 heavy (non-hydrogen) atoms. The van der Waals surface area contributed by atoms with Gasteiger partial charge in [0.25, 0.3) is 0 Å². The Hall–Kier alpha value is -1.51. The first-order chi connectivity index (χ1) is 9.95. The number of amides is 2. The van der Waals surface area contributed by atoms with Gasteiger partial charge in [0.05, 0.1) is 0 Å². The predicted octanol–water partition coefficient (Wildman–Crippen LogP) is 3.77. The highest BCUT2D eigenvalue weighted by Gasteiger charge is 2.22. The molecule has 0 aliphatic heterocycles. The van der Waals surface area contributed by atoms with E-state index >= 15 is 0 Å². The van der Waals surface area contributed by atoms with Crippen molar-refractivity contribution in [1.82, 2.24) is 10.6 Å². The summed E-state index contributed by atoms with van der Waals surface area (Å²) in [6.07, 6.45) is 5.49. The van der Waals surface area contributed by atoms with E-state index in [1.54, 1.807) is 0 Å². The van der Waals surface area contributed by atoms with E-state index in [9.17, 15) is 4.79 Å². The molecule has 1 aliphatic carbocycles. The van der Waals surface area contributed by atoms with Crippen molar-refractivity contribution in [1.29, 1.82) is 0 Å². The van der Waals surface area contributed by atoms with Crippen molar-refractivity contribution in [3.63, 3.8) is 0 Å². The Bertz CT molecular complexity index is 455.